The highest BCUT2D eigenvalue weighted by atomic mass is 35.5. The Morgan fingerprint density at radius 2 is 2.05 bits per heavy atom. The molecule has 1 N–H and O–H groups in total. The topological polar surface area (TPSA) is 58.6 Å². The van der Waals surface area contributed by atoms with Crippen molar-refractivity contribution < 1.29 is 13.2 Å². The number of rotatable bonds is 5. The van der Waals surface area contributed by atoms with E-state index in [1.54, 1.807) is 0 Å². The summed E-state index contributed by atoms with van der Waals surface area (Å²) >= 11 is 0. The van der Waals surface area contributed by atoms with Crippen LogP contribution in [0.2, 0.25) is 0 Å². The molecule has 0 amide bonds. The number of anilines is 2. The smallest absolute Gasteiger partial charge is 0.237 e. The van der Waals surface area contributed by atoms with Crippen LogP contribution >= 0.6 is 12.4 Å². The lowest BCUT2D eigenvalue weighted by atomic mass is 10.2. The molecular weight excluding hydrogens is 300 g/mol. The number of benzene rings is 1. The van der Waals surface area contributed by atoms with E-state index in [0.717, 1.165) is 11.4 Å². The van der Waals surface area contributed by atoms with Gasteiger partial charge in [-0.2, -0.15) is 0 Å². The number of nitrogens with one attached hydrogen (secondary N) is 1. The van der Waals surface area contributed by atoms with Crippen molar-refractivity contribution in [2.75, 3.05) is 35.1 Å². The zero-order valence-electron chi connectivity index (χ0n) is 11.7. The zero-order chi connectivity index (χ0) is 13.9. The van der Waals surface area contributed by atoms with E-state index >= 15 is 0 Å². The number of hydrogen-bond acceptors (Lipinski definition) is 4. The van der Waals surface area contributed by atoms with Gasteiger partial charge in [-0.3, -0.25) is 4.31 Å². The van der Waals surface area contributed by atoms with Crippen LogP contribution in [0.15, 0.2) is 24.3 Å². The van der Waals surface area contributed by atoms with Gasteiger partial charge >= 0.3 is 0 Å². The fraction of sp³-hybridized carbons (Fsp3) is 0.538. The summed E-state index contributed by atoms with van der Waals surface area (Å²) in [5.41, 5.74) is 1.58. The van der Waals surface area contributed by atoms with Gasteiger partial charge in [0.05, 0.1) is 36.4 Å². The third-order valence-electron chi connectivity index (χ3n) is 2.93. The Morgan fingerprint density at radius 3 is 2.75 bits per heavy atom. The summed E-state index contributed by atoms with van der Waals surface area (Å²) in [6.45, 7) is 5.11. The van der Waals surface area contributed by atoms with Gasteiger partial charge in [0.25, 0.3) is 0 Å². The molecule has 0 aromatic heterocycles. The highest BCUT2D eigenvalue weighted by molar-refractivity contribution is 7.92. The van der Waals surface area contributed by atoms with Crippen LogP contribution in [0.4, 0.5) is 11.4 Å². The fourth-order valence-electron chi connectivity index (χ4n) is 2.04. The predicted molar refractivity (Wildman–Crippen MR) is 84.4 cm³/mol. The molecule has 0 saturated carbocycles. The lowest BCUT2D eigenvalue weighted by Crippen LogP contribution is -2.41. The van der Waals surface area contributed by atoms with Crippen LogP contribution < -0.4 is 9.62 Å². The molecule has 1 heterocycles. The number of sulfonamides is 1. The van der Waals surface area contributed by atoms with Gasteiger partial charge in [0.2, 0.25) is 10.0 Å². The first kappa shape index (κ1) is 17.1. The molecule has 1 aromatic rings. The van der Waals surface area contributed by atoms with E-state index < -0.39 is 10.0 Å². The average Bonchev–Trinajstić information content (AvgIpc) is 2.37. The zero-order valence-corrected chi connectivity index (χ0v) is 13.3. The first-order valence-corrected chi connectivity index (χ1v) is 8.06. The largest absolute Gasteiger partial charge is 0.382 e. The van der Waals surface area contributed by atoms with Crippen molar-refractivity contribution >= 4 is 33.8 Å². The molecule has 1 aromatic carbocycles. The molecule has 114 valence electrons. The standard InChI is InChI=1S/C13H20N2O3S.ClH/c1-11(2)18-9-10-19(16,17)15-8-7-14-12-5-3-4-6-13(12)15;/h3-6,11,14H,7-10H2,1-2H3;1H. The van der Waals surface area contributed by atoms with Gasteiger partial charge in [-0.05, 0) is 26.0 Å². The Kier molecular flexibility index (Phi) is 6.10. The first-order chi connectivity index (χ1) is 9.00. The van der Waals surface area contributed by atoms with Crippen molar-refractivity contribution in [3.63, 3.8) is 0 Å². The molecule has 2 rings (SSSR count). The number of halogens is 1. The minimum absolute atomic E-state index is 0. The van der Waals surface area contributed by atoms with Crippen molar-refractivity contribution in [2.24, 2.45) is 0 Å². The molecule has 1 aliphatic heterocycles. The number of nitrogens with zero attached hydrogens (tertiary/aromatic N) is 1. The van der Waals surface area contributed by atoms with E-state index in [1.807, 2.05) is 38.1 Å². The monoisotopic (exact) mass is 320 g/mol. The Hall–Kier alpha value is -0.980. The van der Waals surface area contributed by atoms with Crippen LogP contribution in [-0.2, 0) is 14.8 Å². The lowest BCUT2D eigenvalue weighted by molar-refractivity contribution is 0.0912. The van der Waals surface area contributed by atoms with Crippen molar-refractivity contribution in [2.45, 2.75) is 20.0 Å². The molecular formula is C13H21ClN2O3S. The van der Waals surface area contributed by atoms with Gasteiger partial charge in [-0.1, -0.05) is 12.1 Å². The summed E-state index contributed by atoms with van der Waals surface area (Å²) in [4.78, 5) is 0. The van der Waals surface area contributed by atoms with Crippen LogP contribution in [0.1, 0.15) is 13.8 Å². The Morgan fingerprint density at radius 1 is 1.35 bits per heavy atom. The summed E-state index contributed by atoms with van der Waals surface area (Å²) in [6.07, 6.45) is 0.0468. The van der Waals surface area contributed by atoms with E-state index in [1.165, 1.54) is 4.31 Å². The van der Waals surface area contributed by atoms with Crippen molar-refractivity contribution in [3.05, 3.63) is 24.3 Å². The van der Waals surface area contributed by atoms with Crippen LogP contribution in [0.5, 0.6) is 0 Å². The third kappa shape index (κ3) is 4.01. The van der Waals surface area contributed by atoms with E-state index in [0.29, 0.717) is 13.1 Å². The maximum absolute atomic E-state index is 12.3. The Balaban J connectivity index is 0.00000200. The summed E-state index contributed by atoms with van der Waals surface area (Å²) < 4.78 is 31.5. The quantitative estimate of drug-likeness (QED) is 0.902. The summed E-state index contributed by atoms with van der Waals surface area (Å²) in [5, 5.41) is 3.20. The molecule has 0 unspecified atom stereocenters. The van der Waals surface area contributed by atoms with Crippen LogP contribution in [0.25, 0.3) is 0 Å². The second-order valence-corrected chi connectivity index (χ2v) is 6.76. The molecule has 7 heteroatoms. The second-order valence-electron chi connectivity index (χ2n) is 4.75. The van der Waals surface area contributed by atoms with Crippen LogP contribution in [0.3, 0.4) is 0 Å². The molecule has 0 radical (unpaired) electrons. The number of fused-ring (bicyclic) bond motifs is 1. The fourth-order valence-corrected chi connectivity index (χ4v) is 3.40. The van der Waals surface area contributed by atoms with Gasteiger partial charge in [0.15, 0.2) is 0 Å². The van der Waals surface area contributed by atoms with Crippen molar-refractivity contribution in [1.29, 1.82) is 0 Å². The Labute approximate surface area is 126 Å². The molecule has 5 nitrogen and oxygen atoms in total. The maximum atomic E-state index is 12.3. The normalized spacial score (nSPS) is 14.4. The lowest BCUT2D eigenvalue weighted by Gasteiger charge is -2.31. The molecule has 0 fully saturated rings. The highest BCUT2D eigenvalue weighted by Gasteiger charge is 2.26. The number of para-hydroxylation sites is 2. The molecule has 0 spiro atoms. The van der Waals surface area contributed by atoms with Crippen LogP contribution in [-0.4, -0.2) is 40.0 Å². The van der Waals surface area contributed by atoms with Crippen LogP contribution in [0, 0.1) is 0 Å². The van der Waals surface area contributed by atoms with Gasteiger partial charge in [0, 0.05) is 6.54 Å². The summed E-state index contributed by atoms with van der Waals surface area (Å²) in [6, 6.07) is 7.45. The maximum Gasteiger partial charge on any atom is 0.237 e. The third-order valence-corrected chi connectivity index (χ3v) is 4.66. The molecule has 0 saturated heterocycles. The number of ether oxygens (including phenoxy) is 1. The van der Waals surface area contributed by atoms with Gasteiger partial charge in [-0.25, -0.2) is 8.42 Å². The molecule has 0 atom stereocenters. The van der Waals surface area contributed by atoms with Crippen molar-refractivity contribution in [3.8, 4) is 0 Å². The van der Waals surface area contributed by atoms with E-state index in [9.17, 15) is 8.42 Å². The van der Waals surface area contributed by atoms with Gasteiger partial charge in [0.1, 0.15) is 0 Å². The Bertz CT molecular complexity index is 534. The average molecular weight is 321 g/mol. The molecule has 1 aliphatic rings. The molecule has 20 heavy (non-hydrogen) atoms. The molecule has 0 aliphatic carbocycles. The van der Waals surface area contributed by atoms with E-state index in [-0.39, 0.29) is 30.9 Å². The van der Waals surface area contributed by atoms with E-state index in [4.69, 9.17) is 4.74 Å². The minimum atomic E-state index is -3.32. The van der Waals surface area contributed by atoms with Gasteiger partial charge < -0.3 is 10.1 Å². The first-order valence-electron chi connectivity index (χ1n) is 6.45. The van der Waals surface area contributed by atoms with E-state index in [2.05, 4.69) is 5.32 Å². The summed E-state index contributed by atoms with van der Waals surface area (Å²) in [5.74, 6) is 0.0134. The summed E-state index contributed by atoms with van der Waals surface area (Å²) in [7, 11) is -3.32. The van der Waals surface area contributed by atoms with Gasteiger partial charge in [-0.15, -0.1) is 12.4 Å². The second kappa shape index (κ2) is 7.15. The van der Waals surface area contributed by atoms with Crippen molar-refractivity contribution in [1.82, 2.24) is 0 Å². The molecule has 0 bridgehead atoms. The SMILES string of the molecule is CC(C)OCCS(=O)(=O)N1CCNc2ccccc21.Cl. The minimum Gasteiger partial charge on any atom is -0.382 e. The highest BCUT2D eigenvalue weighted by Crippen LogP contribution is 2.30. The number of hydrogen-bond donors (Lipinski definition) is 1. The predicted octanol–water partition coefficient (Wildman–Crippen LogP) is 2.10.